The summed E-state index contributed by atoms with van der Waals surface area (Å²) >= 11 is 0. The van der Waals surface area contributed by atoms with E-state index in [1.807, 2.05) is 48.5 Å². The smallest absolute Gasteiger partial charge is 0.142 e. The molecule has 0 aliphatic heterocycles. The van der Waals surface area contributed by atoms with E-state index in [2.05, 4.69) is 5.16 Å². The van der Waals surface area contributed by atoms with E-state index >= 15 is 0 Å². The van der Waals surface area contributed by atoms with Crippen LogP contribution in [-0.4, -0.2) is 20.4 Å². The molecule has 0 spiro atoms. The third kappa shape index (κ3) is 4.02. The van der Waals surface area contributed by atoms with Crippen molar-refractivity contribution in [2.75, 3.05) is 14.2 Å². The minimum Gasteiger partial charge on any atom is -0.497 e. The molecule has 0 radical (unpaired) electrons. The Morgan fingerprint density at radius 3 is 1.95 bits per heavy atom. The molecule has 2 aromatic carbocycles. The summed E-state index contributed by atoms with van der Waals surface area (Å²) in [5.41, 5.74) is 2.00. The molecule has 2 aromatic rings. The van der Waals surface area contributed by atoms with Crippen LogP contribution < -0.4 is 9.47 Å². The van der Waals surface area contributed by atoms with Crippen LogP contribution in [0.25, 0.3) is 0 Å². The van der Waals surface area contributed by atoms with E-state index in [1.165, 1.54) is 0 Å². The average Bonchev–Trinajstić information content (AvgIpc) is 2.53. The van der Waals surface area contributed by atoms with Crippen LogP contribution in [-0.2, 0) is 11.4 Å². The summed E-state index contributed by atoms with van der Waals surface area (Å²) in [6, 6.07) is 15.3. The van der Waals surface area contributed by atoms with E-state index < -0.39 is 0 Å². The highest BCUT2D eigenvalue weighted by Crippen LogP contribution is 2.12. The van der Waals surface area contributed by atoms with Gasteiger partial charge in [0.1, 0.15) is 18.1 Å². The van der Waals surface area contributed by atoms with Gasteiger partial charge in [-0.1, -0.05) is 17.3 Å². The Balaban J connectivity index is 1.83. The molecule has 0 fully saturated rings. The average molecular weight is 271 g/mol. The highest BCUT2D eigenvalue weighted by molar-refractivity contribution is 5.79. The van der Waals surface area contributed by atoms with E-state index in [9.17, 15) is 0 Å². The fraction of sp³-hybridized carbons (Fsp3) is 0.188. The molecule has 0 aliphatic rings. The maximum atomic E-state index is 5.25. The monoisotopic (exact) mass is 271 g/mol. The molecule has 104 valence electrons. The summed E-state index contributed by atoms with van der Waals surface area (Å²) in [5, 5.41) is 3.94. The van der Waals surface area contributed by atoms with Gasteiger partial charge in [-0.3, -0.25) is 0 Å². The lowest BCUT2D eigenvalue weighted by Crippen LogP contribution is -1.89. The number of oxime groups is 1. The van der Waals surface area contributed by atoms with Crippen LogP contribution >= 0.6 is 0 Å². The topological polar surface area (TPSA) is 40.0 Å². The van der Waals surface area contributed by atoms with Gasteiger partial charge in [0, 0.05) is 0 Å². The number of hydrogen-bond acceptors (Lipinski definition) is 4. The second-order valence-electron chi connectivity index (χ2n) is 4.13. The van der Waals surface area contributed by atoms with Crippen LogP contribution in [0.15, 0.2) is 53.7 Å². The van der Waals surface area contributed by atoms with Crippen molar-refractivity contribution in [3.05, 3.63) is 59.7 Å². The Bertz CT molecular complexity index is 547. The molecule has 0 aliphatic carbocycles. The van der Waals surface area contributed by atoms with Crippen LogP contribution in [0.2, 0.25) is 0 Å². The van der Waals surface area contributed by atoms with Crippen molar-refractivity contribution < 1.29 is 14.3 Å². The van der Waals surface area contributed by atoms with Gasteiger partial charge in [0.25, 0.3) is 0 Å². The molecule has 4 heteroatoms. The number of ether oxygens (including phenoxy) is 2. The standard InChI is InChI=1S/C16H17NO3/c1-18-15-7-3-13(4-8-15)11-17-20-12-14-5-9-16(19-2)10-6-14/h3-11H,12H2,1-2H3. The van der Waals surface area contributed by atoms with Gasteiger partial charge >= 0.3 is 0 Å². The largest absolute Gasteiger partial charge is 0.497 e. The van der Waals surface area contributed by atoms with Crippen molar-refractivity contribution in [2.24, 2.45) is 5.16 Å². The molecule has 0 aromatic heterocycles. The quantitative estimate of drug-likeness (QED) is 0.598. The minimum absolute atomic E-state index is 0.427. The maximum Gasteiger partial charge on any atom is 0.142 e. The molecule has 2 rings (SSSR count). The zero-order chi connectivity index (χ0) is 14.2. The summed E-state index contributed by atoms with van der Waals surface area (Å²) in [4.78, 5) is 5.25. The molecule has 20 heavy (non-hydrogen) atoms. The Morgan fingerprint density at radius 2 is 1.40 bits per heavy atom. The number of nitrogens with zero attached hydrogens (tertiary/aromatic N) is 1. The Labute approximate surface area is 118 Å². The fourth-order valence-electron chi connectivity index (χ4n) is 1.62. The molecule has 0 saturated carbocycles. The first-order chi connectivity index (χ1) is 9.81. The molecule has 0 heterocycles. The lowest BCUT2D eigenvalue weighted by atomic mass is 10.2. The van der Waals surface area contributed by atoms with Crippen molar-refractivity contribution in [3.63, 3.8) is 0 Å². The molecule has 0 atom stereocenters. The lowest BCUT2D eigenvalue weighted by molar-refractivity contribution is 0.132. The molecular formula is C16H17NO3. The predicted octanol–water partition coefficient (Wildman–Crippen LogP) is 3.25. The second-order valence-corrected chi connectivity index (χ2v) is 4.13. The van der Waals surface area contributed by atoms with E-state index in [-0.39, 0.29) is 0 Å². The highest BCUT2D eigenvalue weighted by Gasteiger charge is 1.94. The Hall–Kier alpha value is -2.49. The van der Waals surface area contributed by atoms with Gasteiger partial charge in [0.05, 0.1) is 20.4 Å². The van der Waals surface area contributed by atoms with Gasteiger partial charge in [0.15, 0.2) is 0 Å². The first kappa shape index (κ1) is 13.9. The lowest BCUT2D eigenvalue weighted by Gasteiger charge is -2.02. The third-order valence-corrected chi connectivity index (χ3v) is 2.78. The van der Waals surface area contributed by atoms with Crippen molar-refractivity contribution in [2.45, 2.75) is 6.61 Å². The SMILES string of the molecule is COc1ccc(C=NOCc2ccc(OC)cc2)cc1. The highest BCUT2D eigenvalue weighted by atomic mass is 16.6. The summed E-state index contributed by atoms with van der Waals surface area (Å²) in [6.45, 7) is 0.427. The van der Waals surface area contributed by atoms with Gasteiger partial charge < -0.3 is 14.3 Å². The molecule has 0 unspecified atom stereocenters. The zero-order valence-corrected chi connectivity index (χ0v) is 11.6. The van der Waals surface area contributed by atoms with Crippen LogP contribution in [0.5, 0.6) is 11.5 Å². The molecule has 0 bridgehead atoms. The summed E-state index contributed by atoms with van der Waals surface area (Å²) in [6.07, 6.45) is 1.67. The van der Waals surface area contributed by atoms with Gasteiger partial charge in [-0.2, -0.15) is 0 Å². The molecule has 4 nitrogen and oxygen atoms in total. The van der Waals surface area contributed by atoms with Crippen molar-refractivity contribution in [1.82, 2.24) is 0 Å². The molecule has 0 N–H and O–H groups in total. The van der Waals surface area contributed by atoms with Gasteiger partial charge in [0.2, 0.25) is 0 Å². The van der Waals surface area contributed by atoms with Gasteiger partial charge in [-0.15, -0.1) is 0 Å². The van der Waals surface area contributed by atoms with Gasteiger partial charge in [-0.05, 0) is 47.5 Å². The van der Waals surface area contributed by atoms with Crippen LogP contribution in [0.3, 0.4) is 0 Å². The fourth-order valence-corrected chi connectivity index (χ4v) is 1.62. The van der Waals surface area contributed by atoms with E-state index in [4.69, 9.17) is 14.3 Å². The Kier molecular flexibility index (Phi) is 5.00. The first-order valence-electron chi connectivity index (χ1n) is 6.24. The van der Waals surface area contributed by atoms with E-state index in [0.717, 1.165) is 22.6 Å². The normalized spacial score (nSPS) is 10.5. The van der Waals surface area contributed by atoms with Gasteiger partial charge in [-0.25, -0.2) is 0 Å². The number of hydrogen-bond donors (Lipinski definition) is 0. The number of rotatable bonds is 6. The minimum atomic E-state index is 0.427. The van der Waals surface area contributed by atoms with Crippen LogP contribution in [0.4, 0.5) is 0 Å². The third-order valence-electron chi connectivity index (χ3n) is 2.78. The van der Waals surface area contributed by atoms with Crippen LogP contribution in [0, 0.1) is 0 Å². The van der Waals surface area contributed by atoms with Crippen molar-refractivity contribution in [1.29, 1.82) is 0 Å². The first-order valence-corrected chi connectivity index (χ1v) is 6.24. The second kappa shape index (κ2) is 7.19. The summed E-state index contributed by atoms with van der Waals surface area (Å²) < 4.78 is 10.2. The summed E-state index contributed by atoms with van der Waals surface area (Å²) in [5.74, 6) is 1.65. The maximum absolute atomic E-state index is 5.25. The molecule has 0 saturated heterocycles. The van der Waals surface area contributed by atoms with Crippen LogP contribution in [0.1, 0.15) is 11.1 Å². The molecule has 0 amide bonds. The number of benzene rings is 2. The van der Waals surface area contributed by atoms with E-state index in [1.54, 1.807) is 20.4 Å². The zero-order valence-electron chi connectivity index (χ0n) is 11.6. The van der Waals surface area contributed by atoms with Crippen molar-refractivity contribution in [3.8, 4) is 11.5 Å². The molecular weight excluding hydrogens is 254 g/mol. The predicted molar refractivity (Wildman–Crippen MR) is 78.4 cm³/mol. The summed E-state index contributed by atoms with van der Waals surface area (Å²) in [7, 11) is 3.28. The Morgan fingerprint density at radius 1 is 0.850 bits per heavy atom. The van der Waals surface area contributed by atoms with E-state index in [0.29, 0.717) is 6.61 Å². The number of methoxy groups -OCH3 is 2. The van der Waals surface area contributed by atoms with Crippen molar-refractivity contribution >= 4 is 6.21 Å².